The van der Waals surface area contributed by atoms with Gasteiger partial charge in [-0.25, -0.2) is 0 Å². The number of hydrogen-bond acceptors (Lipinski definition) is 2. The molecule has 1 nitrogen and oxygen atoms in total. The van der Waals surface area contributed by atoms with Crippen molar-refractivity contribution in [2.45, 2.75) is 59.0 Å². The van der Waals surface area contributed by atoms with Gasteiger partial charge in [0, 0.05) is 5.75 Å². The van der Waals surface area contributed by atoms with Crippen LogP contribution in [-0.4, -0.2) is 16.5 Å². The van der Waals surface area contributed by atoms with Crippen LogP contribution in [0.1, 0.15) is 53.4 Å². The fourth-order valence-corrected chi connectivity index (χ4v) is 1.73. The second-order valence-electron chi connectivity index (χ2n) is 4.77. The first kappa shape index (κ1) is 13.3. The van der Waals surface area contributed by atoms with Gasteiger partial charge in [0.25, 0.3) is 0 Å². The Balaban J connectivity index is 4.06. The first-order chi connectivity index (χ1) is 5.87. The van der Waals surface area contributed by atoms with Crippen LogP contribution in [0.25, 0.3) is 0 Å². The molecule has 1 N–H and O–H groups in total. The Morgan fingerprint density at radius 3 is 2.08 bits per heavy atom. The van der Waals surface area contributed by atoms with Crippen LogP contribution in [0.4, 0.5) is 0 Å². The lowest BCUT2D eigenvalue weighted by molar-refractivity contribution is -0.0358. The van der Waals surface area contributed by atoms with Crippen molar-refractivity contribution in [2.75, 3.05) is 5.75 Å². The molecule has 0 bridgehead atoms. The smallest absolute Gasteiger partial charge is 0.0757 e. The summed E-state index contributed by atoms with van der Waals surface area (Å²) in [5.41, 5.74) is -0.673. The van der Waals surface area contributed by atoms with Gasteiger partial charge in [-0.05, 0) is 18.8 Å². The number of aliphatic hydroxyl groups is 1. The molecule has 0 rings (SSSR count). The Labute approximate surface area is 88.3 Å². The minimum Gasteiger partial charge on any atom is -0.389 e. The minimum absolute atomic E-state index is 0.0239. The third-order valence-corrected chi connectivity index (χ3v) is 3.79. The predicted octanol–water partition coefficient (Wildman–Crippen LogP) is 3.27. The molecule has 0 amide bonds. The van der Waals surface area contributed by atoms with Gasteiger partial charge in [-0.15, -0.1) is 0 Å². The van der Waals surface area contributed by atoms with Crippen LogP contribution in [0, 0.1) is 5.41 Å². The normalized spacial score (nSPS) is 17.1. The highest BCUT2D eigenvalue weighted by Gasteiger charge is 2.37. The molecular formula is C11H24OS. The largest absolute Gasteiger partial charge is 0.389 e. The van der Waals surface area contributed by atoms with Crippen LogP contribution in [0.2, 0.25) is 0 Å². The first-order valence-electron chi connectivity index (χ1n) is 5.20. The van der Waals surface area contributed by atoms with Gasteiger partial charge in [-0.1, -0.05) is 40.0 Å². The number of rotatable bonds is 6. The average Bonchev–Trinajstić information content (AvgIpc) is 2.04. The third-order valence-electron chi connectivity index (χ3n) is 3.17. The highest BCUT2D eigenvalue weighted by Crippen LogP contribution is 2.36. The van der Waals surface area contributed by atoms with E-state index in [0.717, 1.165) is 6.42 Å². The maximum atomic E-state index is 10.1. The maximum Gasteiger partial charge on any atom is 0.0757 e. The monoisotopic (exact) mass is 204 g/mol. The molecule has 0 saturated heterocycles. The van der Waals surface area contributed by atoms with Gasteiger partial charge in [0.05, 0.1) is 5.60 Å². The number of thiol groups is 1. The summed E-state index contributed by atoms with van der Waals surface area (Å²) >= 11 is 4.19. The molecule has 1 atom stereocenters. The predicted molar refractivity (Wildman–Crippen MR) is 62.4 cm³/mol. The Kier molecular flexibility index (Phi) is 5.38. The molecule has 0 aromatic rings. The van der Waals surface area contributed by atoms with Crippen molar-refractivity contribution < 1.29 is 5.11 Å². The fraction of sp³-hybridized carbons (Fsp3) is 1.00. The quantitative estimate of drug-likeness (QED) is 0.502. The zero-order chi connectivity index (χ0) is 10.5. The lowest BCUT2D eigenvalue weighted by atomic mass is 9.73. The van der Waals surface area contributed by atoms with Crippen molar-refractivity contribution in [1.82, 2.24) is 0 Å². The van der Waals surface area contributed by atoms with Gasteiger partial charge in [0.2, 0.25) is 0 Å². The lowest BCUT2D eigenvalue weighted by Gasteiger charge is -2.39. The van der Waals surface area contributed by atoms with Crippen LogP contribution in [-0.2, 0) is 0 Å². The summed E-state index contributed by atoms with van der Waals surface area (Å²) < 4.78 is 0. The second-order valence-corrected chi connectivity index (χ2v) is 5.09. The van der Waals surface area contributed by atoms with E-state index in [4.69, 9.17) is 0 Å². The molecular weight excluding hydrogens is 180 g/mol. The molecule has 0 aliphatic heterocycles. The van der Waals surface area contributed by atoms with Crippen molar-refractivity contribution in [3.63, 3.8) is 0 Å². The SMILES string of the molecule is CCCCCC(C)(C)C(C)(O)CS. The Bertz CT molecular complexity index is 141. The Morgan fingerprint density at radius 1 is 1.15 bits per heavy atom. The second kappa shape index (κ2) is 5.26. The van der Waals surface area contributed by atoms with E-state index in [-0.39, 0.29) is 5.41 Å². The third kappa shape index (κ3) is 3.90. The highest BCUT2D eigenvalue weighted by atomic mass is 32.1. The van der Waals surface area contributed by atoms with Crippen LogP contribution >= 0.6 is 12.6 Å². The van der Waals surface area contributed by atoms with E-state index >= 15 is 0 Å². The van der Waals surface area contributed by atoms with E-state index in [9.17, 15) is 5.11 Å². The van der Waals surface area contributed by atoms with Gasteiger partial charge in [0.1, 0.15) is 0 Å². The molecule has 2 heteroatoms. The topological polar surface area (TPSA) is 20.2 Å². The van der Waals surface area contributed by atoms with Gasteiger partial charge >= 0.3 is 0 Å². The molecule has 0 heterocycles. The van der Waals surface area contributed by atoms with Crippen LogP contribution < -0.4 is 0 Å². The number of hydrogen-bond donors (Lipinski definition) is 2. The molecule has 13 heavy (non-hydrogen) atoms. The summed E-state index contributed by atoms with van der Waals surface area (Å²) in [7, 11) is 0. The van der Waals surface area contributed by atoms with E-state index in [2.05, 4.69) is 33.4 Å². The molecule has 0 spiro atoms. The van der Waals surface area contributed by atoms with E-state index in [1.807, 2.05) is 6.92 Å². The minimum atomic E-state index is -0.649. The van der Waals surface area contributed by atoms with Gasteiger partial charge in [-0.2, -0.15) is 12.6 Å². The fourth-order valence-electron chi connectivity index (χ4n) is 1.30. The van der Waals surface area contributed by atoms with Crippen molar-refractivity contribution >= 4 is 12.6 Å². The van der Waals surface area contributed by atoms with Crippen LogP contribution in [0.3, 0.4) is 0 Å². The Morgan fingerprint density at radius 2 is 1.69 bits per heavy atom. The number of unbranched alkanes of at least 4 members (excludes halogenated alkanes) is 2. The molecule has 0 aromatic heterocycles. The molecule has 0 radical (unpaired) electrons. The summed E-state index contributed by atoms with van der Waals surface area (Å²) in [4.78, 5) is 0. The van der Waals surface area contributed by atoms with E-state index in [1.54, 1.807) is 0 Å². The molecule has 0 fully saturated rings. The van der Waals surface area contributed by atoms with E-state index in [0.29, 0.717) is 5.75 Å². The first-order valence-corrected chi connectivity index (χ1v) is 5.84. The van der Waals surface area contributed by atoms with Gasteiger partial charge in [0.15, 0.2) is 0 Å². The summed E-state index contributed by atoms with van der Waals surface area (Å²) in [6, 6.07) is 0. The van der Waals surface area contributed by atoms with Crippen molar-refractivity contribution in [2.24, 2.45) is 5.41 Å². The molecule has 1 unspecified atom stereocenters. The van der Waals surface area contributed by atoms with E-state index in [1.165, 1.54) is 19.3 Å². The average molecular weight is 204 g/mol. The summed E-state index contributed by atoms with van der Waals surface area (Å²) in [5.74, 6) is 0.534. The molecule has 0 aliphatic carbocycles. The standard InChI is InChI=1S/C11H24OS/c1-5-6-7-8-10(2,3)11(4,12)9-13/h12-13H,5-9H2,1-4H3. The van der Waals surface area contributed by atoms with Crippen molar-refractivity contribution in [1.29, 1.82) is 0 Å². The zero-order valence-corrected chi connectivity index (χ0v) is 10.3. The Hall–Kier alpha value is 0.310. The van der Waals surface area contributed by atoms with E-state index < -0.39 is 5.60 Å². The summed E-state index contributed by atoms with van der Waals surface area (Å²) in [6.45, 7) is 8.33. The molecule has 0 saturated carbocycles. The maximum absolute atomic E-state index is 10.1. The van der Waals surface area contributed by atoms with Crippen molar-refractivity contribution in [3.05, 3.63) is 0 Å². The highest BCUT2D eigenvalue weighted by molar-refractivity contribution is 7.80. The molecule has 0 aliphatic rings. The van der Waals surface area contributed by atoms with Crippen molar-refractivity contribution in [3.8, 4) is 0 Å². The summed E-state index contributed by atoms with van der Waals surface area (Å²) in [6.07, 6.45) is 4.77. The zero-order valence-electron chi connectivity index (χ0n) is 9.43. The van der Waals surface area contributed by atoms with Crippen LogP contribution in [0.5, 0.6) is 0 Å². The summed E-state index contributed by atoms with van der Waals surface area (Å²) in [5, 5.41) is 10.1. The molecule has 0 aromatic carbocycles. The van der Waals surface area contributed by atoms with Gasteiger partial charge in [-0.3, -0.25) is 0 Å². The van der Waals surface area contributed by atoms with Crippen LogP contribution in [0.15, 0.2) is 0 Å². The van der Waals surface area contributed by atoms with Gasteiger partial charge < -0.3 is 5.11 Å². The molecule has 80 valence electrons. The lowest BCUT2D eigenvalue weighted by Crippen LogP contribution is -2.43.